The first-order valence-electron chi connectivity index (χ1n) is 8.74. The van der Waals surface area contributed by atoms with E-state index in [1.54, 1.807) is 0 Å². The van der Waals surface area contributed by atoms with E-state index >= 15 is 0 Å². The van der Waals surface area contributed by atoms with Crippen LogP contribution in [0, 0.1) is 13.8 Å². The summed E-state index contributed by atoms with van der Waals surface area (Å²) in [5.41, 5.74) is 7.72. The van der Waals surface area contributed by atoms with E-state index in [2.05, 4.69) is 37.7 Å². The molecule has 0 saturated heterocycles. The lowest BCUT2D eigenvalue weighted by atomic mass is 10.1. The van der Waals surface area contributed by atoms with Crippen LogP contribution in [0.25, 0.3) is 0 Å². The quantitative estimate of drug-likeness (QED) is 0.610. The highest BCUT2D eigenvalue weighted by molar-refractivity contribution is 8.15. The molecule has 0 saturated carbocycles. The monoisotopic (exact) mass is 368 g/mol. The minimum Gasteiger partial charge on any atom is -0.335 e. The number of aliphatic imine (C=N–C) groups is 1. The smallest absolute Gasteiger partial charge is 0.243 e. The predicted octanol–water partition coefficient (Wildman–Crippen LogP) is 4.22. The standard InChI is InChI=1S/C19H24N6S/c1-5-17-11-20-19(26-17)23-16-8-6-15(7-9-16)14(4)24-25-18-21-12(2)10-13(3)22-18/h6-10,17H,5,11H2,1-4H3,(H,20,23)(H,21,22,25)/b24-14-/t17-/m1/s1. The Morgan fingerprint density at radius 3 is 2.50 bits per heavy atom. The number of aromatic nitrogens is 2. The number of rotatable bonds is 5. The molecule has 0 amide bonds. The normalized spacial score (nSPS) is 17.2. The zero-order valence-corrected chi connectivity index (χ0v) is 16.4. The van der Waals surface area contributed by atoms with Crippen LogP contribution in [0.5, 0.6) is 0 Å². The van der Waals surface area contributed by atoms with Crippen LogP contribution in [-0.4, -0.2) is 32.6 Å². The average Bonchev–Trinajstić information content (AvgIpc) is 3.07. The fourth-order valence-electron chi connectivity index (χ4n) is 2.59. The molecule has 136 valence electrons. The van der Waals surface area contributed by atoms with Crippen molar-refractivity contribution >= 4 is 34.3 Å². The van der Waals surface area contributed by atoms with Crippen molar-refractivity contribution in [1.29, 1.82) is 0 Å². The van der Waals surface area contributed by atoms with Gasteiger partial charge in [-0.2, -0.15) is 5.10 Å². The molecule has 3 rings (SSSR count). The van der Waals surface area contributed by atoms with Gasteiger partial charge >= 0.3 is 0 Å². The number of anilines is 2. The van der Waals surface area contributed by atoms with Crippen LogP contribution in [-0.2, 0) is 0 Å². The topological polar surface area (TPSA) is 74.6 Å². The second-order valence-corrected chi connectivity index (χ2v) is 7.57. The number of nitrogens with one attached hydrogen (secondary N) is 2. The molecule has 1 aromatic carbocycles. The molecule has 0 aliphatic carbocycles. The van der Waals surface area contributed by atoms with Crippen molar-refractivity contribution in [1.82, 2.24) is 9.97 Å². The lowest BCUT2D eigenvalue weighted by Crippen LogP contribution is -2.07. The summed E-state index contributed by atoms with van der Waals surface area (Å²) >= 11 is 1.82. The highest BCUT2D eigenvalue weighted by atomic mass is 32.2. The second kappa shape index (κ2) is 8.31. The Morgan fingerprint density at radius 1 is 1.19 bits per heavy atom. The Kier molecular flexibility index (Phi) is 5.88. The molecule has 2 N–H and O–H groups in total. The Hall–Kier alpha value is -2.41. The fourth-order valence-corrected chi connectivity index (χ4v) is 3.55. The van der Waals surface area contributed by atoms with Gasteiger partial charge in [-0.05, 0) is 51.0 Å². The molecule has 0 radical (unpaired) electrons. The van der Waals surface area contributed by atoms with Crippen molar-refractivity contribution < 1.29 is 0 Å². The summed E-state index contributed by atoms with van der Waals surface area (Å²) < 4.78 is 0. The molecule has 2 aromatic rings. The van der Waals surface area contributed by atoms with E-state index in [9.17, 15) is 0 Å². The average molecular weight is 369 g/mol. The van der Waals surface area contributed by atoms with Crippen LogP contribution < -0.4 is 10.7 Å². The third-order valence-corrected chi connectivity index (χ3v) is 5.30. The Bertz CT molecular complexity index is 808. The van der Waals surface area contributed by atoms with Crippen LogP contribution in [0.15, 0.2) is 40.4 Å². The number of nitrogens with zero attached hydrogens (tertiary/aromatic N) is 4. The van der Waals surface area contributed by atoms with E-state index in [1.165, 1.54) is 0 Å². The van der Waals surface area contributed by atoms with Crippen molar-refractivity contribution in [3.63, 3.8) is 0 Å². The number of thioether (sulfide) groups is 1. The fraction of sp³-hybridized carbons (Fsp3) is 0.368. The van der Waals surface area contributed by atoms with Gasteiger partial charge in [-0.1, -0.05) is 30.8 Å². The highest BCUT2D eigenvalue weighted by Gasteiger charge is 2.17. The maximum atomic E-state index is 4.54. The second-order valence-electron chi connectivity index (χ2n) is 6.28. The van der Waals surface area contributed by atoms with E-state index in [-0.39, 0.29) is 0 Å². The molecule has 1 aromatic heterocycles. The molecular formula is C19H24N6S. The third kappa shape index (κ3) is 4.82. The molecule has 0 fully saturated rings. The van der Waals surface area contributed by atoms with Crippen LogP contribution >= 0.6 is 11.8 Å². The van der Waals surface area contributed by atoms with Gasteiger partial charge < -0.3 is 5.32 Å². The maximum Gasteiger partial charge on any atom is 0.243 e. The van der Waals surface area contributed by atoms with Crippen molar-refractivity contribution in [3.8, 4) is 0 Å². The van der Waals surface area contributed by atoms with Gasteiger partial charge in [-0.15, -0.1) is 0 Å². The van der Waals surface area contributed by atoms with E-state index < -0.39 is 0 Å². The lowest BCUT2D eigenvalue weighted by Gasteiger charge is -2.08. The number of benzene rings is 1. The minimum atomic E-state index is 0.516. The number of hydrogen-bond donors (Lipinski definition) is 2. The van der Waals surface area contributed by atoms with Gasteiger partial charge in [-0.3, -0.25) is 4.99 Å². The Labute approximate surface area is 158 Å². The Morgan fingerprint density at radius 2 is 1.88 bits per heavy atom. The molecule has 0 spiro atoms. The molecule has 1 aliphatic rings. The highest BCUT2D eigenvalue weighted by Crippen LogP contribution is 2.24. The van der Waals surface area contributed by atoms with Gasteiger partial charge in [0.05, 0.1) is 12.3 Å². The van der Waals surface area contributed by atoms with Gasteiger partial charge in [0.2, 0.25) is 5.95 Å². The van der Waals surface area contributed by atoms with Crippen LogP contribution in [0.1, 0.15) is 37.2 Å². The molecule has 0 bridgehead atoms. The van der Waals surface area contributed by atoms with Gasteiger partial charge in [0.1, 0.15) is 0 Å². The summed E-state index contributed by atoms with van der Waals surface area (Å²) in [4.78, 5) is 13.2. The zero-order chi connectivity index (χ0) is 18.5. The summed E-state index contributed by atoms with van der Waals surface area (Å²) in [6.07, 6.45) is 1.14. The third-order valence-electron chi connectivity index (χ3n) is 4.03. The minimum absolute atomic E-state index is 0.516. The first-order chi connectivity index (χ1) is 12.5. The molecule has 0 unspecified atom stereocenters. The SMILES string of the molecule is CC[C@@H]1CN=C(Nc2ccc(/C(C)=N\Nc3nc(C)cc(C)n3)cc2)S1. The van der Waals surface area contributed by atoms with E-state index in [0.717, 1.165) is 46.5 Å². The summed E-state index contributed by atoms with van der Waals surface area (Å²) in [5.74, 6) is 0.516. The van der Waals surface area contributed by atoms with Gasteiger partial charge in [0.15, 0.2) is 5.17 Å². The molecule has 7 heteroatoms. The van der Waals surface area contributed by atoms with Crippen molar-refractivity contribution in [2.75, 3.05) is 17.3 Å². The van der Waals surface area contributed by atoms with Gasteiger partial charge in [-0.25, -0.2) is 15.4 Å². The lowest BCUT2D eigenvalue weighted by molar-refractivity contribution is 0.843. The van der Waals surface area contributed by atoms with Crippen molar-refractivity contribution in [2.45, 2.75) is 39.4 Å². The number of amidine groups is 1. The van der Waals surface area contributed by atoms with Crippen LogP contribution in [0.4, 0.5) is 11.6 Å². The van der Waals surface area contributed by atoms with Crippen LogP contribution in [0.2, 0.25) is 0 Å². The number of hydrazone groups is 1. The zero-order valence-electron chi connectivity index (χ0n) is 15.6. The largest absolute Gasteiger partial charge is 0.335 e. The molecule has 6 nitrogen and oxygen atoms in total. The first-order valence-corrected chi connectivity index (χ1v) is 9.62. The molecular weight excluding hydrogens is 344 g/mol. The van der Waals surface area contributed by atoms with Crippen molar-refractivity contribution in [3.05, 3.63) is 47.3 Å². The summed E-state index contributed by atoms with van der Waals surface area (Å²) in [7, 11) is 0. The summed E-state index contributed by atoms with van der Waals surface area (Å²) in [6, 6.07) is 10.1. The van der Waals surface area contributed by atoms with Crippen molar-refractivity contribution in [2.24, 2.45) is 10.1 Å². The van der Waals surface area contributed by atoms with Gasteiger partial charge in [0.25, 0.3) is 0 Å². The van der Waals surface area contributed by atoms with Gasteiger partial charge in [0, 0.05) is 22.3 Å². The van der Waals surface area contributed by atoms with E-state index in [1.807, 2.05) is 62.9 Å². The predicted molar refractivity (Wildman–Crippen MR) is 111 cm³/mol. The van der Waals surface area contributed by atoms with Crippen LogP contribution in [0.3, 0.4) is 0 Å². The number of hydrogen-bond acceptors (Lipinski definition) is 7. The molecule has 2 heterocycles. The summed E-state index contributed by atoms with van der Waals surface area (Å²) in [5, 5.41) is 9.38. The molecule has 26 heavy (non-hydrogen) atoms. The Balaban J connectivity index is 1.62. The number of aryl methyl sites for hydroxylation is 2. The summed E-state index contributed by atoms with van der Waals surface area (Å²) in [6.45, 7) is 8.94. The first kappa shape index (κ1) is 18.4. The van der Waals surface area contributed by atoms with E-state index in [0.29, 0.717) is 11.2 Å². The maximum absolute atomic E-state index is 4.54. The molecule has 1 aliphatic heterocycles. The molecule has 1 atom stereocenters. The van der Waals surface area contributed by atoms with E-state index in [4.69, 9.17) is 0 Å².